The lowest BCUT2D eigenvalue weighted by Gasteiger charge is -2.38. The number of halogens is 1. The Balaban J connectivity index is 1.54. The highest BCUT2D eigenvalue weighted by Crippen LogP contribution is 2.44. The number of ether oxygens (including phenoxy) is 2. The lowest BCUT2D eigenvalue weighted by Crippen LogP contribution is -2.41. The summed E-state index contributed by atoms with van der Waals surface area (Å²) in [4.78, 5) is 22.0. The summed E-state index contributed by atoms with van der Waals surface area (Å²) < 4.78 is 11.9. The first kappa shape index (κ1) is 27.5. The molecule has 2 heterocycles. The molecular weight excluding hydrogens is 522 g/mol. The minimum atomic E-state index is -0.348. The molecule has 0 N–H and O–H groups in total. The van der Waals surface area contributed by atoms with Gasteiger partial charge in [-0.1, -0.05) is 30.7 Å². The number of fused-ring (bicyclic) bond motifs is 1. The molecule has 2 atom stereocenters. The van der Waals surface area contributed by atoms with E-state index >= 15 is 0 Å². The van der Waals surface area contributed by atoms with Crippen molar-refractivity contribution in [1.82, 2.24) is 4.98 Å². The van der Waals surface area contributed by atoms with E-state index in [4.69, 9.17) is 21.1 Å². The average Bonchev–Trinajstić information content (AvgIpc) is 2.97. The summed E-state index contributed by atoms with van der Waals surface area (Å²) in [5.74, 6) is 1.33. The summed E-state index contributed by atoms with van der Waals surface area (Å²) in [5, 5.41) is 0.648. The molecule has 6 nitrogen and oxygen atoms in total. The monoisotopic (exact) mass is 555 g/mol. The second kappa shape index (κ2) is 12.0. The summed E-state index contributed by atoms with van der Waals surface area (Å²) in [6, 6.07) is 23.5. The fraction of sp³-hybridized carbons (Fsp3) is 0.273. The predicted octanol–water partition coefficient (Wildman–Crippen LogP) is 7.24. The maximum atomic E-state index is 13.8. The number of carbonyl (C=O) groups excluding carboxylic acids is 1. The molecule has 4 aromatic rings. The zero-order valence-corrected chi connectivity index (χ0v) is 24.1. The van der Waals surface area contributed by atoms with E-state index in [2.05, 4.69) is 36.0 Å². The van der Waals surface area contributed by atoms with Crippen LogP contribution in [-0.2, 0) is 17.8 Å². The van der Waals surface area contributed by atoms with Gasteiger partial charge in [-0.25, -0.2) is 0 Å². The standard InChI is InChI=1S/C33H34ClN3O3/c1-5-22(2)40-31-20-29-25(18-30(31)39-4)19-32(38)37(33(29)24-6-8-26(34)9-7-24)28-12-10-27(11-13-28)36(3)21-23-14-16-35-17-15-23/h6-18,20,22,33H,5,19,21H2,1-4H3/t22?,33-/m1/s1. The molecule has 1 aliphatic heterocycles. The molecule has 1 unspecified atom stereocenters. The van der Waals surface area contributed by atoms with Crippen LogP contribution in [0.3, 0.4) is 0 Å². The Morgan fingerprint density at radius 2 is 1.73 bits per heavy atom. The van der Waals surface area contributed by atoms with Crippen LogP contribution in [0.5, 0.6) is 11.5 Å². The molecule has 0 saturated heterocycles. The van der Waals surface area contributed by atoms with Gasteiger partial charge in [-0.3, -0.25) is 9.78 Å². The van der Waals surface area contributed by atoms with Crippen molar-refractivity contribution in [3.05, 3.63) is 112 Å². The molecule has 206 valence electrons. The van der Waals surface area contributed by atoms with Crippen molar-refractivity contribution in [3.8, 4) is 11.5 Å². The second-order valence-electron chi connectivity index (χ2n) is 10.2. The number of anilines is 2. The minimum absolute atomic E-state index is 0.0167. The lowest BCUT2D eigenvalue weighted by molar-refractivity contribution is -0.118. The van der Waals surface area contributed by atoms with E-state index in [1.54, 1.807) is 19.5 Å². The van der Waals surface area contributed by atoms with Gasteiger partial charge in [-0.2, -0.15) is 0 Å². The summed E-state index contributed by atoms with van der Waals surface area (Å²) >= 11 is 6.25. The Labute approximate surface area is 241 Å². The van der Waals surface area contributed by atoms with Gasteiger partial charge < -0.3 is 19.3 Å². The first-order chi connectivity index (χ1) is 19.4. The Kier molecular flexibility index (Phi) is 8.27. The van der Waals surface area contributed by atoms with Crippen LogP contribution < -0.4 is 19.3 Å². The van der Waals surface area contributed by atoms with Crippen molar-refractivity contribution in [2.75, 3.05) is 24.0 Å². The van der Waals surface area contributed by atoms with Crippen LogP contribution in [0.1, 0.15) is 48.6 Å². The van der Waals surface area contributed by atoms with E-state index in [-0.39, 0.29) is 24.5 Å². The first-order valence-electron chi connectivity index (χ1n) is 13.5. The molecule has 5 rings (SSSR count). The van der Waals surface area contributed by atoms with Gasteiger partial charge in [0, 0.05) is 42.4 Å². The summed E-state index contributed by atoms with van der Waals surface area (Å²) in [6.45, 7) is 4.88. The van der Waals surface area contributed by atoms with Crippen molar-refractivity contribution in [1.29, 1.82) is 0 Å². The molecule has 0 fully saturated rings. The van der Waals surface area contributed by atoms with Crippen LogP contribution in [0.15, 0.2) is 85.2 Å². The highest BCUT2D eigenvalue weighted by molar-refractivity contribution is 6.30. The van der Waals surface area contributed by atoms with E-state index in [1.165, 1.54) is 5.56 Å². The third-order valence-corrected chi connectivity index (χ3v) is 7.67. The highest BCUT2D eigenvalue weighted by atomic mass is 35.5. The summed E-state index contributed by atoms with van der Waals surface area (Å²) in [6.07, 6.45) is 4.77. The number of amides is 1. The summed E-state index contributed by atoms with van der Waals surface area (Å²) in [7, 11) is 3.69. The van der Waals surface area contributed by atoms with Gasteiger partial charge >= 0.3 is 0 Å². The predicted molar refractivity (Wildman–Crippen MR) is 161 cm³/mol. The van der Waals surface area contributed by atoms with Gasteiger partial charge in [-0.15, -0.1) is 0 Å². The third-order valence-electron chi connectivity index (χ3n) is 7.42. The fourth-order valence-electron chi connectivity index (χ4n) is 5.10. The van der Waals surface area contributed by atoms with E-state index < -0.39 is 0 Å². The first-order valence-corrected chi connectivity index (χ1v) is 13.9. The number of methoxy groups -OCH3 is 1. The van der Waals surface area contributed by atoms with Gasteiger partial charge in [0.25, 0.3) is 0 Å². The lowest BCUT2D eigenvalue weighted by atomic mass is 9.86. The molecule has 40 heavy (non-hydrogen) atoms. The van der Waals surface area contributed by atoms with Crippen LogP contribution in [0.25, 0.3) is 0 Å². The number of hydrogen-bond acceptors (Lipinski definition) is 5. The van der Waals surface area contributed by atoms with E-state index in [1.807, 2.05) is 72.5 Å². The van der Waals surface area contributed by atoms with Crippen molar-refractivity contribution in [2.45, 2.75) is 45.4 Å². The quantitative estimate of drug-likeness (QED) is 0.218. The third kappa shape index (κ3) is 5.77. The van der Waals surface area contributed by atoms with Crippen LogP contribution in [-0.4, -0.2) is 31.2 Å². The molecule has 7 heteroatoms. The number of hydrogen-bond donors (Lipinski definition) is 0. The van der Waals surface area contributed by atoms with Crippen LogP contribution >= 0.6 is 11.6 Å². The molecule has 0 saturated carbocycles. The normalized spacial score (nSPS) is 15.4. The van der Waals surface area contributed by atoms with E-state index in [0.29, 0.717) is 16.5 Å². The van der Waals surface area contributed by atoms with Gasteiger partial charge in [0.05, 0.1) is 25.7 Å². The van der Waals surface area contributed by atoms with E-state index in [9.17, 15) is 4.79 Å². The number of pyridine rings is 1. The minimum Gasteiger partial charge on any atom is -0.493 e. The van der Waals surface area contributed by atoms with Gasteiger partial charge in [0.15, 0.2) is 11.5 Å². The number of nitrogens with zero attached hydrogens (tertiary/aromatic N) is 3. The van der Waals surface area contributed by atoms with Crippen LogP contribution in [0, 0.1) is 0 Å². The molecule has 1 aromatic heterocycles. The average molecular weight is 556 g/mol. The van der Waals surface area contributed by atoms with Crippen molar-refractivity contribution < 1.29 is 14.3 Å². The molecule has 0 spiro atoms. The zero-order chi connectivity index (χ0) is 28.2. The van der Waals surface area contributed by atoms with E-state index in [0.717, 1.165) is 41.0 Å². The maximum Gasteiger partial charge on any atom is 0.232 e. The summed E-state index contributed by atoms with van der Waals surface area (Å²) in [5.41, 5.74) is 5.98. The number of benzene rings is 3. The number of rotatable bonds is 9. The number of aromatic nitrogens is 1. The largest absolute Gasteiger partial charge is 0.493 e. The van der Waals surface area contributed by atoms with Gasteiger partial charge in [0.2, 0.25) is 5.91 Å². The Morgan fingerprint density at radius 3 is 2.38 bits per heavy atom. The maximum absolute atomic E-state index is 13.8. The molecule has 0 aliphatic carbocycles. The Bertz CT molecular complexity index is 1460. The van der Waals surface area contributed by atoms with Crippen LogP contribution in [0.4, 0.5) is 11.4 Å². The van der Waals surface area contributed by atoms with Crippen LogP contribution in [0.2, 0.25) is 5.02 Å². The topological polar surface area (TPSA) is 54.9 Å². The molecule has 1 aliphatic rings. The zero-order valence-electron chi connectivity index (χ0n) is 23.3. The molecule has 1 amide bonds. The Morgan fingerprint density at radius 1 is 1.02 bits per heavy atom. The van der Waals surface area contributed by atoms with Crippen molar-refractivity contribution >= 4 is 28.9 Å². The van der Waals surface area contributed by atoms with Crippen molar-refractivity contribution in [3.63, 3.8) is 0 Å². The second-order valence-corrected chi connectivity index (χ2v) is 10.6. The molecule has 0 radical (unpaired) electrons. The molecule has 3 aromatic carbocycles. The van der Waals surface area contributed by atoms with Gasteiger partial charge in [-0.05, 0) is 96.3 Å². The smallest absolute Gasteiger partial charge is 0.232 e. The van der Waals surface area contributed by atoms with Crippen molar-refractivity contribution in [2.24, 2.45) is 0 Å². The molecule has 0 bridgehead atoms. The van der Waals surface area contributed by atoms with Gasteiger partial charge in [0.1, 0.15) is 0 Å². The highest BCUT2D eigenvalue weighted by Gasteiger charge is 2.36. The SMILES string of the molecule is CCC(C)Oc1cc2c(cc1OC)CC(=O)N(c1ccc(N(C)Cc3ccncc3)cc1)[C@@H]2c1ccc(Cl)cc1. The fourth-order valence-corrected chi connectivity index (χ4v) is 5.22. The Hall–Kier alpha value is -4.03. The number of carbonyl (C=O) groups is 1. The molecular formula is C33H34ClN3O3.